The van der Waals surface area contributed by atoms with Crippen LogP contribution in [0, 0.1) is 24.7 Å². The van der Waals surface area contributed by atoms with Crippen molar-refractivity contribution in [2.45, 2.75) is 45.4 Å². The molecule has 1 atom stereocenters. The Balaban J connectivity index is 1.67. The topological polar surface area (TPSA) is 107 Å². The van der Waals surface area contributed by atoms with E-state index >= 15 is 0 Å². The predicted molar refractivity (Wildman–Crippen MR) is 82.7 cm³/mol. The highest BCUT2D eigenvalue weighted by Crippen LogP contribution is 2.54. The zero-order chi connectivity index (χ0) is 16.7. The molecule has 2 fully saturated rings. The van der Waals surface area contributed by atoms with E-state index in [0.29, 0.717) is 47.4 Å². The molecule has 1 N–H and O–H groups in total. The van der Waals surface area contributed by atoms with Crippen LogP contribution in [0.25, 0.3) is 11.5 Å². The first-order valence-corrected chi connectivity index (χ1v) is 8.57. The van der Waals surface area contributed by atoms with E-state index in [1.807, 2.05) is 6.92 Å². The number of aromatic amines is 1. The minimum atomic E-state index is -0.383. The maximum Gasteiger partial charge on any atom is 0.316 e. The van der Waals surface area contributed by atoms with Gasteiger partial charge in [-0.2, -0.15) is 5.10 Å². The normalized spacial score (nSPS) is 18.8. The summed E-state index contributed by atoms with van der Waals surface area (Å²) in [6, 6.07) is 0. The zero-order valence-electron chi connectivity index (χ0n) is 13.9. The summed E-state index contributed by atoms with van der Waals surface area (Å²) in [4.78, 5) is 17.2. The van der Waals surface area contributed by atoms with Gasteiger partial charge in [0.15, 0.2) is 5.69 Å². The summed E-state index contributed by atoms with van der Waals surface area (Å²) in [6.45, 7) is 3.97. The van der Waals surface area contributed by atoms with Crippen LogP contribution >= 0.6 is 0 Å². The molecule has 0 bridgehead atoms. The van der Waals surface area contributed by atoms with Gasteiger partial charge in [-0.05, 0) is 62.4 Å². The molecule has 2 saturated carbocycles. The van der Waals surface area contributed by atoms with Gasteiger partial charge in [-0.1, -0.05) is 5.16 Å². The largest absolute Gasteiger partial charge is 0.465 e. The summed E-state index contributed by atoms with van der Waals surface area (Å²) in [5, 5.41) is 14.7. The van der Waals surface area contributed by atoms with Crippen LogP contribution in [0.2, 0.25) is 0 Å². The molecule has 24 heavy (non-hydrogen) atoms. The van der Waals surface area contributed by atoms with Gasteiger partial charge in [0, 0.05) is 0 Å². The van der Waals surface area contributed by atoms with Crippen LogP contribution in [-0.2, 0) is 9.53 Å². The van der Waals surface area contributed by atoms with Crippen molar-refractivity contribution >= 4 is 5.97 Å². The maximum absolute atomic E-state index is 12.7. The number of hydrogen-bond donors (Lipinski definition) is 1. The Morgan fingerprint density at radius 1 is 1.29 bits per heavy atom. The average molecular weight is 331 g/mol. The molecule has 2 aliphatic carbocycles. The summed E-state index contributed by atoms with van der Waals surface area (Å²) in [6.07, 6.45) is 4.74. The highest BCUT2D eigenvalue weighted by molar-refractivity contribution is 5.78. The number of H-pyrrole nitrogens is 1. The van der Waals surface area contributed by atoms with Crippen molar-refractivity contribution in [3.05, 3.63) is 11.5 Å². The van der Waals surface area contributed by atoms with E-state index in [-0.39, 0.29) is 11.9 Å². The molecular formula is C16H21N5O3. The van der Waals surface area contributed by atoms with Crippen LogP contribution in [0.5, 0.6) is 0 Å². The van der Waals surface area contributed by atoms with Crippen LogP contribution in [-0.4, -0.2) is 38.1 Å². The molecule has 0 radical (unpaired) electrons. The lowest BCUT2D eigenvalue weighted by Gasteiger charge is -2.23. The second-order valence-corrected chi connectivity index (χ2v) is 6.72. The third-order valence-electron chi connectivity index (χ3n) is 4.92. The lowest BCUT2D eigenvalue weighted by atomic mass is 9.83. The number of carbonyl (C=O) groups excluding carboxylic acids is 1. The van der Waals surface area contributed by atoms with Gasteiger partial charge >= 0.3 is 5.97 Å². The third kappa shape index (κ3) is 2.81. The molecule has 0 aromatic carbocycles. The lowest BCUT2D eigenvalue weighted by Crippen LogP contribution is -2.28. The summed E-state index contributed by atoms with van der Waals surface area (Å²) in [5.41, 5.74) is 1.11. The fourth-order valence-corrected chi connectivity index (χ4v) is 3.53. The predicted octanol–water partition coefficient (Wildman–Crippen LogP) is 2.25. The van der Waals surface area contributed by atoms with Crippen LogP contribution in [0.3, 0.4) is 0 Å². The van der Waals surface area contributed by atoms with E-state index in [2.05, 4.69) is 25.5 Å². The van der Waals surface area contributed by atoms with Crippen molar-refractivity contribution in [1.29, 1.82) is 0 Å². The lowest BCUT2D eigenvalue weighted by molar-refractivity contribution is -0.147. The molecule has 0 saturated heterocycles. The SMILES string of the molecule is CCOC(=O)C(c1nc(-c2nonc2C)n[nH]1)C(C1CC1)C1CC1. The van der Waals surface area contributed by atoms with Gasteiger partial charge in [-0.25, -0.2) is 9.61 Å². The third-order valence-corrected chi connectivity index (χ3v) is 4.92. The van der Waals surface area contributed by atoms with Crippen LogP contribution in [0.15, 0.2) is 4.63 Å². The second-order valence-electron chi connectivity index (χ2n) is 6.72. The number of nitrogens with one attached hydrogen (secondary N) is 1. The Morgan fingerprint density at radius 2 is 2.00 bits per heavy atom. The Morgan fingerprint density at radius 3 is 2.54 bits per heavy atom. The fourth-order valence-electron chi connectivity index (χ4n) is 3.53. The zero-order valence-corrected chi connectivity index (χ0v) is 13.9. The summed E-state index contributed by atoms with van der Waals surface area (Å²) in [5.74, 6) is 1.86. The molecular weight excluding hydrogens is 310 g/mol. The van der Waals surface area contributed by atoms with E-state index in [0.717, 1.165) is 0 Å². The summed E-state index contributed by atoms with van der Waals surface area (Å²) >= 11 is 0. The Hall–Kier alpha value is -2.25. The van der Waals surface area contributed by atoms with Gasteiger partial charge in [0.2, 0.25) is 5.82 Å². The molecule has 2 aliphatic rings. The van der Waals surface area contributed by atoms with Crippen LogP contribution in [0.4, 0.5) is 0 Å². The number of esters is 1. The number of aromatic nitrogens is 5. The standard InChI is InChI=1S/C16H21N5O3/c1-3-23-16(22)12(11(9-4-5-9)10-6-7-10)14-17-15(19-18-14)13-8(2)20-24-21-13/h9-12H,3-7H2,1-2H3,(H,17,18,19). The number of rotatable bonds is 7. The van der Waals surface area contributed by atoms with Crippen molar-refractivity contribution < 1.29 is 14.2 Å². The fraction of sp³-hybridized carbons (Fsp3) is 0.688. The van der Waals surface area contributed by atoms with E-state index in [1.54, 1.807) is 6.92 Å². The molecule has 0 amide bonds. The molecule has 8 nitrogen and oxygen atoms in total. The summed E-state index contributed by atoms with van der Waals surface area (Å²) in [7, 11) is 0. The number of hydrogen-bond acceptors (Lipinski definition) is 7. The van der Waals surface area contributed by atoms with Gasteiger partial charge in [0.25, 0.3) is 0 Å². The van der Waals surface area contributed by atoms with Gasteiger partial charge in [-0.3, -0.25) is 9.89 Å². The van der Waals surface area contributed by atoms with Crippen LogP contribution in [0.1, 0.15) is 50.0 Å². The minimum absolute atomic E-state index is 0.209. The number of aryl methyl sites for hydroxylation is 1. The first-order chi connectivity index (χ1) is 11.7. The minimum Gasteiger partial charge on any atom is -0.465 e. The highest BCUT2D eigenvalue weighted by atomic mass is 16.6. The monoisotopic (exact) mass is 331 g/mol. The van der Waals surface area contributed by atoms with Crippen molar-refractivity contribution in [3.63, 3.8) is 0 Å². The molecule has 8 heteroatoms. The smallest absolute Gasteiger partial charge is 0.316 e. The molecule has 128 valence electrons. The van der Waals surface area contributed by atoms with E-state index < -0.39 is 0 Å². The Labute approximate surface area is 139 Å². The molecule has 1 unspecified atom stereocenters. The van der Waals surface area contributed by atoms with Crippen molar-refractivity contribution in [3.8, 4) is 11.5 Å². The van der Waals surface area contributed by atoms with Gasteiger partial charge in [0.05, 0.1) is 6.61 Å². The van der Waals surface area contributed by atoms with Crippen molar-refractivity contribution in [1.82, 2.24) is 25.5 Å². The van der Waals surface area contributed by atoms with Gasteiger partial charge in [-0.15, -0.1) is 0 Å². The maximum atomic E-state index is 12.7. The Bertz CT molecular complexity index is 720. The summed E-state index contributed by atoms with van der Waals surface area (Å²) < 4.78 is 10.1. The van der Waals surface area contributed by atoms with E-state index in [4.69, 9.17) is 9.37 Å². The first-order valence-electron chi connectivity index (χ1n) is 8.57. The van der Waals surface area contributed by atoms with Crippen LogP contribution < -0.4 is 0 Å². The Kier molecular flexibility index (Phi) is 3.82. The highest BCUT2D eigenvalue weighted by Gasteiger charge is 2.50. The quantitative estimate of drug-likeness (QED) is 0.775. The number of carbonyl (C=O) groups is 1. The van der Waals surface area contributed by atoms with Crippen molar-refractivity contribution in [2.75, 3.05) is 6.61 Å². The number of nitrogens with zero attached hydrogens (tertiary/aromatic N) is 4. The van der Waals surface area contributed by atoms with Gasteiger partial charge < -0.3 is 4.74 Å². The first kappa shape index (κ1) is 15.3. The molecule has 0 spiro atoms. The van der Waals surface area contributed by atoms with Crippen molar-refractivity contribution in [2.24, 2.45) is 17.8 Å². The molecule has 2 aromatic rings. The van der Waals surface area contributed by atoms with E-state index in [9.17, 15) is 4.79 Å². The average Bonchev–Trinajstić information content (AvgIpc) is 3.48. The van der Waals surface area contributed by atoms with E-state index in [1.165, 1.54) is 25.7 Å². The molecule has 4 rings (SSSR count). The molecule has 2 heterocycles. The number of ether oxygens (including phenoxy) is 1. The molecule has 0 aliphatic heterocycles. The van der Waals surface area contributed by atoms with Gasteiger partial charge in [0.1, 0.15) is 17.4 Å². The molecule has 2 aromatic heterocycles. The second kappa shape index (κ2) is 5.99.